The second-order valence-corrected chi connectivity index (χ2v) is 10.9. The lowest BCUT2D eigenvalue weighted by Crippen LogP contribution is -2.35. The van der Waals surface area contributed by atoms with Crippen LogP contribution in [0.3, 0.4) is 0 Å². The third-order valence-corrected chi connectivity index (χ3v) is 7.84. The highest BCUT2D eigenvalue weighted by molar-refractivity contribution is 7.91. The maximum atomic E-state index is 13.3. The van der Waals surface area contributed by atoms with Gasteiger partial charge in [-0.05, 0) is 38.3 Å². The molecule has 1 aliphatic heterocycles. The fourth-order valence-corrected chi connectivity index (χ4v) is 6.06. The summed E-state index contributed by atoms with van der Waals surface area (Å²) in [4.78, 5) is 18.2. The van der Waals surface area contributed by atoms with E-state index in [1.165, 1.54) is 5.56 Å². The molecule has 9 heteroatoms. The summed E-state index contributed by atoms with van der Waals surface area (Å²) in [5, 5.41) is 8.27. The molecule has 0 bridgehead atoms. The van der Waals surface area contributed by atoms with Crippen molar-refractivity contribution in [2.24, 2.45) is 0 Å². The maximum absolute atomic E-state index is 13.3. The highest BCUT2D eigenvalue weighted by Gasteiger charge is 2.32. The van der Waals surface area contributed by atoms with Crippen molar-refractivity contribution in [3.05, 3.63) is 47.2 Å². The fourth-order valence-electron chi connectivity index (χ4n) is 4.37. The third kappa shape index (κ3) is 4.79. The van der Waals surface area contributed by atoms with Crippen molar-refractivity contribution >= 4 is 26.8 Å². The number of aryl methyl sites for hydroxylation is 2. The lowest BCUT2D eigenvalue weighted by molar-refractivity contribution is 0.0907. The van der Waals surface area contributed by atoms with Crippen LogP contribution in [-0.4, -0.2) is 60.4 Å². The molecule has 8 nitrogen and oxygen atoms in total. The topological polar surface area (TPSA) is 103 Å². The van der Waals surface area contributed by atoms with Gasteiger partial charge in [-0.15, -0.1) is 0 Å². The molecule has 1 fully saturated rings. The predicted molar refractivity (Wildman–Crippen MR) is 128 cm³/mol. The summed E-state index contributed by atoms with van der Waals surface area (Å²) in [6.45, 7) is 6.20. The van der Waals surface area contributed by atoms with Crippen LogP contribution in [0, 0.1) is 6.92 Å². The van der Waals surface area contributed by atoms with E-state index in [1.807, 2.05) is 38.1 Å². The molecule has 1 saturated heterocycles. The summed E-state index contributed by atoms with van der Waals surface area (Å²) in [6.07, 6.45) is 1.42. The lowest BCUT2D eigenvalue weighted by atomic mass is 10.0. The van der Waals surface area contributed by atoms with Gasteiger partial charge in [0.25, 0.3) is 5.91 Å². The van der Waals surface area contributed by atoms with Gasteiger partial charge in [0.05, 0.1) is 46.5 Å². The molecular formula is C24H30N4O4S. The van der Waals surface area contributed by atoms with Crippen LogP contribution < -0.4 is 5.32 Å². The van der Waals surface area contributed by atoms with Crippen LogP contribution in [0.2, 0.25) is 0 Å². The fraction of sp³-hybridized carbons (Fsp3) is 0.458. The highest BCUT2D eigenvalue weighted by Crippen LogP contribution is 2.32. The predicted octanol–water partition coefficient (Wildman–Crippen LogP) is 3.09. The van der Waals surface area contributed by atoms with Gasteiger partial charge in [-0.3, -0.25) is 4.79 Å². The SMILES string of the molecule is CCc1ccc(-c2cc(C(=O)NC(C)COC)c3c(C)nn(C4CCS(=O)(=O)C4)c3n2)cc1. The number of nitrogens with one attached hydrogen (secondary N) is 1. The molecule has 0 aliphatic carbocycles. The van der Waals surface area contributed by atoms with Crippen molar-refractivity contribution in [2.75, 3.05) is 25.2 Å². The van der Waals surface area contributed by atoms with Gasteiger partial charge in [0.15, 0.2) is 15.5 Å². The first kappa shape index (κ1) is 23.4. The lowest BCUT2D eigenvalue weighted by Gasteiger charge is -2.15. The van der Waals surface area contributed by atoms with E-state index in [0.29, 0.717) is 41.0 Å². The van der Waals surface area contributed by atoms with E-state index in [9.17, 15) is 13.2 Å². The van der Waals surface area contributed by atoms with E-state index in [-0.39, 0.29) is 29.5 Å². The van der Waals surface area contributed by atoms with Crippen LogP contribution in [0.1, 0.15) is 47.9 Å². The molecule has 3 heterocycles. The van der Waals surface area contributed by atoms with Crippen molar-refractivity contribution in [1.29, 1.82) is 0 Å². The summed E-state index contributed by atoms with van der Waals surface area (Å²) in [5.41, 5.74) is 4.41. The molecule has 0 spiro atoms. The van der Waals surface area contributed by atoms with E-state index in [0.717, 1.165) is 12.0 Å². The van der Waals surface area contributed by atoms with Gasteiger partial charge in [0.1, 0.15) is 0 Å². The second-order valence-electron chi connectivity index (χ2n) is 8.72. The van der Waals surface area contributed by atoms with Crippen molar-refractivity contribution < 1.29 is 17.9 Å². The Morgan fingerprint density at radius 2 is 2.03 bits per heavy atom. The number of nitrogens with zero attached hydrogens (tertiary/aromatic N) is 3. The van der Waals surface area contributed by atoms with E-state index in [4.69, 9.17) is 9.72 Å². The zero-order valence-electron chi connectivity index (χ0n) is 19.5. The summed E-state index contributed by atoms with van der Waals surface area (Å²) in [7, 11) is -1.51. The normalized spacial score (nSPS) is 18.5. The van der Waals surface area contributed by atoms with Crippen molar-refractivity contribution in [3.63, 3.8) is 0 Å². The number of pyridine rings is 1. The Hall–Kier alpha value is -2.78. The van der Waals surface area contributed by atoms with Crippen LogP contribution in [-0.2, 0) is 21.0 Å². The monoisotopic (exact) mass is 470 g/mol. The summed E-state index contributed by atoms with van der Waals surface area (Å²) in [5.74, 6) is -0.0646. The van der Waals surface area contributed by atoms with Gasteiger partial charge in [-0.2, -0.15) is 5.10 Å². The Balaban J connectivity index is 1.87. The van der Waals surface area contributed by atoms with E-state index in [2.05, 4.69) is 17.3 Å². The molecule has 1 aliphatic rings. The van der Waals surface area contributed by atoms with Crippen LogP contribution in [0.5, 0.6) is 0 Å². The highest BCUT2D eigenvalue weighted by atomic mass is 32.2. The molecule has 2 unspecified atom stereocenters. The van der Waals surface area contributed by atoms with Crippen LogP contribution in [0.15, 0.2) is 30.3 Å². The third-order valence-electron chi connectivity index (χ3n) is 6.09. The molecule has 0 radical (unpaired) electrons. The maximum Gasteiger partial charge on any atom is 0.252 e. The first-order valence-electron chi connectivity index (χ1n) is 11.2. The van der Waals surface area contributed by atoms with Crippen LogP contribution >= 0.6 is 0 Å². The number of ether oxygens (including phenoxy) is 1. The average Bonchev–Trinajstić information content (AvgIpc) is 3.32. The molecule has 2 aromatic heterocycles. The quantitative estimate of drug-likeness (QED) is 0.569. The minimum Gasteiger partial charge on any atom is -0.383 e. The number of rotatable bonds is 7. The Bertz CT molecular complexity index is 1280. The number of carbonyl (C=O) groups excluding carboxylic acids is 1. The number of hydrogen-bond acceptors (Lipinski definition) is 6. The largest absolute Gasteiger partial charge is 0.383 e. The molecule has 1 N–H and O–H groups in total. The number of carbonyl (C=O) groups is 1. The number of fused-ring (bicyclic) bond motifs is 1. The Kier molecular flexibility index (Phi) is 6.54. The van der Waals surface area contributed by atoms with E-state index < -0.39 is 9.84 Å². The number of methoxy groups -OCH3 is 1. The zero-order valence-corrected chi connectivity index (χ0v) is 20.3. The Labute approximate surface area is 194 Å². The van der Waals surface area contributed by atoms with Gasteiger partial charge >= 0.3 is 0 Å². The number of aromatic nitrogens is 3. The first-order chi connectivity index (χ1) is 15.7. The summed E-state index contributed by atoms with van der Waals surface area (Å²) < 4.78 is 31.1. The minimum absolute atomic E-state index is 0.0345. The smallest absolute Gasteiger partial charge is 0.252 e. The van der Waals surface area contributed by atoms with Crippen LogP contribution in [0.25, 0.3) is 22.3 Å². The standard InChI is InChI=1S/C24H30N4O4S/c1-5-17-6-8-18(9-7-17)21-12-20(24(29)25-15(2)13-32-4)22-16(3)27-28(23(22)26-21)19-10-11-33(30,31)14-19/h6-9,12,15,19H,5,10-11,13-14H2,1-4H3,(H,25,29). The summed E-state index contributed by atoms with van der Waals surface area (Å²) in [6, 6.07) is 9.42. The van der Waals surface area contributed by atoms with E-state index >= 15 is 0 Å². The summed E-state index contributed by atoms with van der Waals surface area (Å²) >= 11 is 0. The van der Waals surface area contributed by atoms with Gasteiger partial charge in [-0.25, -0.2) is 18.1 Å². The molecule has 3 aromatic rings. The molecule has 1 aromatic carbocycles. The van der Waals surface area contributed by atoms with Gasteiger partial charge in [0, 0.05) is 18.7 Å². The molecule has 1 amide bonds. The molecule has 4 rings (SSSR count). The number of hydrogen-bond donors (Lipinski definition) is 1. The Morgan fingerprint density at radius 1 is 1.30 bits per heavy atom. The van der Waals surface area contributed by atoms with Gasteiger partial charge in [-0.1, -0.05) is 31.2 Å². The number of benzene rings is 1. The van der Waals surface area contributed by atoms with Crippen LogP contribution in [0.4, 0.5) is 0 Å². The number of sulfone groups is 1. The molecular weight excluding hydrogens is 440 g/mol. The first-order valence-corrected chi connectivity index (χ1v) is 13.0. The molecule has 2 atom stereocenters. The molecule has 176 valence electrons. The van der Waals surface area contributed by atoms with Crippen molar-refractivity contribution in [1.82, 2.24) is 20.1 Å². The average molecular weight is 471 g/mol. The molecule has 33 heavy (non-hydrogen) atoms. The van der Waals surface area contributed by atoms with Crippen molar-refractivity contribution in [2.45, 2.75) is 45.7 Å². The second kappa shape index (κ2) is 9.23. The number of amides is 1. The van der Waals surface area contributed by atoms with Gasteiger partial charge in [0.2, 0.25) is 0 Å². The van der Waals surface area contributed by atoms with Crippen molar-refractivity contribution in [3.8, 4) is 11.3 Å². The Morgan fingerprint density at radius 3 is 2.64 bits per heavy atom. The minimum atomic E-state index is -3.10. The van der Waals surface area contributed by atoms with Gasteiger partial charge < -0.3 is 10.1 Å². The zero-order chi connectivity index (χ0) is 23.8. The van der Waals surface area contributed by atoms with E-state index in [1.54, 1.807) is 17.9 Å². The molecule has 0 saturated carbocycles.